The summed E-state index contributed by atoms with van der Waals surface area (Å²) in [5.74, 6) is 1.13. The van der Waals surface area contributed by atoms with E-state index >= 15 is 0 Å². The van der Waals surface area contributed by atoms with E-state index in [1.165, 1.54) is 32.1 Å². The van der Waals surface area contributed by atoms with E-state index in [4.69, 9.17) is 15.9 Å². The van der Waals surface area contributed by atoms with E-state index in [0.29, 0.717) is 24.0 Å². The predicted octanol–water partition coefficient (Wildman–Crippen LogP) is 2.32. The third-order valence-corrected chi connectivity index (χ3v) is 3.24. The monoisotopic (exact) mass is 233 g/mol. The van der Waals surface area contributed by atoms with Crippen molar-refractivity contribution in [1.82, 2.24) is 4.98 Å². The van der Waals surface area contributed by atoms with E-state index in [1.54, 1.807) is 18.3 Å². The molecular weight excluding hydrogens is 214 g/mol. The molecule has 1 aromatic rings. The van der Waals surface area contributed by atoms with E-state index in [0.717, 1.165) is 0 Å². The lowest BCUT2D eigenvalue weighted by Gasteiger charge is -2.21. The van der Waals surface area contributed by atoms with Crippen LogP contribution in [-0.2, 0) is 0 Å². The average molecular weight is 233 g/mol. The fourth-order valence-corrected chi connectivity index (χ4v) is 2.26. The highest BCUT2D eigenvalue weighted by Crippen LogP contribution is 2.24. The number of pyridine rings is 1. The zero-order valence-corrected chi connectivity index (χ0v) is 9.98. The van der Waals surface area contributed by atoms with Crippen LogP contribution in [0, 0.1) is 11.3 Å². The first-order valence-corrected chi connectivity index (χ1v) is 6.19. The van der Waals surface area contributed by atoms with Crippen molar-refractivity contribution in [2.24, 2.45) is 11.7 Å². The number of ether oxygens (including phenoxy) is 1. The topological polar surface area (TPSA) is 72.0 Å². The molecule has 17 heavy (non-hydrogen) atoms. The number of nitrogens with zero attached hydrogens (tertiary/aromatic N) is 1. The summed E-state index contributed by atoms with van der Waals surface area (Å²) in [6, 6.07) is 3.54. The van der Waals surface area contributed by atoms with Crippen LogP contribution >= 0.6 is 0 Å². The Kier molecular flexibility index (Phi) is 3.96. The first kappa shape index (κ1) is 11.9. The fourth-order valence-electron chi connectivity index (χ4n) is 2.26. The van der Waals surface area contributed by atoms with Crippen LogP contribution in [0.3, 0.4) is 0 Å². The molecule has 3 N–H and O–H groups in total. The Hall–Kier alpha value is -1.58. The van der Waals surface area contributed by atoms with Gasteiger partial charge in [-0.2, -0.15) is 0 Å². The standard InChI is InChI=1S/C13H19N3O/c14-12(15)11-7-4-8-16-13(11)17-9-10-5-2-1-3-6-10/h4,7-8,10H,1-3,5-6,9H2,(H3,14,15). The van der Waals surface area contributed by atoms with E-state index in [9.17, 15) is 0 Å². The van der Waals surface area contributed by atoms with Crippen molar-refractivity contribution in [2.45, 2.75) is 32.1 Å². The van der Waals surface area contributed by atoms with Crippen molar-refractivity contribution in [3.8, 4) is 5.88 Å². The molecule has 2 rings (SSSR count). The van der Waals surface area contributed by atoms with Crippen molar-refractivity contribution in [3.05, 3.63) is 23.9 Å². The third kappa shape index (κ3) is 3.19. The molecule has 1 heterocycles. The first-order chi connectivity index (χ1) is 8.27. The summed E-state index contributed by atoms with van der Waals surface area (Å²) in [4.78, 5) is 4.14. The molecule has 0 spiro atoms. The van der Waals surface area contributed by atoms with Gasteiger partial charge in [-0.15, -0.1) is 0 Å². The molecule has 0 atom stereocenters. The number of aromatic nitrogens is 1. The number of rotatable bonds is 4. The fraction of sp³-hybridized carbons (Fsp3) is 0.538. The highest BCUT2D eigenvalue weighted by molar-refractivity contribution is 5.96. The molecule has 0 aromatic carbocycles. The first-order valence-electron chi connectivity index (χ1n) is 6.19. The van der Waals surface area contributed by atoms with Crippen molar-refractivity contribution in [3.63, 3.8) is 0 Å². The summed E-state index contributed by atoms with van der Waals surface area (Å²) in [5.41, 5.74) is 6.07. The normalized spacial score (nSPS) is 16.7. The van der Waals surface area contributed by atoms with Gasteiger partial charge in [0.2, 0.25) is 5.88 Å². The van der Waals surface area contributed by atoms with Gasteiger partial charge in [0.05, 0.1) is 12.2 Å². The summed E-state index contributed by atoms with van der Waals surface area (Å²) >= 11 is 0. The maximum Gasteiger partial charge on any atom is 0.224 e. The number of amidine groups is 1. The summed E-state index contributed by atoms with van der Waals surface area (Å²) in [7, 11) is 0. The maximum atomic E-state index is 7.46. The van der Waals surface area contributed by atoms with Gasteiger partial charge in [-0.05, 0) is 30.9 Å². The zero-order valence-electron chi connectivity index (χ0n) is 9.98. The van der Waals surface area contributed by atoms with Crippen LogP contribution in [0.5, 0.6) is 5.88 Å². The van der Waals surface area contributed by atoms with E-state index in [-0.39, 0.29) is 5.84 Å². The predicted molar refractivity (Wildman–Crippen MR) is 67.3 cm³/mol. The number of hydrogen-bond donors (Lipinski definition) is 2. The molecule has 1 aliphatic rings. The minimum atomic E-state index is 0.0109. The van der Waals surface area contributed by atoms with Gasteiger partial charge >= 0.3 is 0 Å². The second-order valence-electron chi connectivity index (χ2n) is 4.58. The van der Waals surface area contributed by atoms with Crippen LogP contribution in [0.1, 0.15) is 37.7 Å². The van der Waals surface area contributed by atoms with Gasteiger partial charge in [-0.1, -0.05) is 19.3 Å². The van der Waals surface area contributed by atoms with Crippen molar-refractivity contribution in [2.75, 3.05) is 6.61 Å². The molecule has 1 fully saturated rings. The molecule has 1 aliphatic carbocycles. The highest BCUT2D eigenvalue weighted by Gasteiger charge is 2.15. The molecule has 0 aliphatic heterocycles. The van der Waals surface area contributed by atoms with Gasteiger partial charge in [-0.25, -0.2) is 4.98 Å². The van der Waals surface area contributed by atoms with Crippen molar-refractivity contribution in [1.29, 1.82) is 5.41 Å². The van der Waals surface area contributed by atoms with Crippen LogP contribution in [0.2, 0.25) is 0 Å². The Balaban J connectivity index is 1.96. The van der Waals surface area contributed by atoms with Crippen molar-refractivity contribution >= 4 is 5.84 Å². The number of nitrogens with two attached hydrogens (primary N) is 1. The second-order valence-corrected chi connectivity index (χ2v) is 4.58. The lowest BCUT2D eigenvalue weighted by molar-refractivity contribution is 0.202. The van der Waals surface area contributed by atoms with Gasteiger partial charge in [0.1, 0.15) is 5.84 Å². The minimum Gasteiger partial charge on any atom is -0.477 e. The summed E-state index contributed by atoms with van der Waals surface area (Å²) in [6.07, 6.45) is 8.09. The lowest BCUT2D eigenvalue weighted by atomic mass is 9.90. The van der Waals surface area contributed by atoms with Crippen LogP contribution in [0.4, 0.5) is 0 Å². The van der Waals surface area contributed by atoms with E-state index in [1.807, 2.05) is 0 Å². The number of nitrogen functional groups attached to an aromatic ring is 1. The average Bonchev–Trinajstić information content (AvgIpc) is 2.38. The van der Waals surface area contributed by atoms with Crippen LogP contribution in [0.15, 0.2) is 18.3 Å². The number of nitrogens with one attached hydrogen (secondary N) is 1. The Morgan fingerprint density at radius 1 is 1.41 bits per heavy atom. The van der Waals surface area contributed by atoms with Crippen molar-refractivity contribution < 1.29 is 4.74 Å². The zero-order chi connectivity index (χ0) is 12.1. The summed E-state index contributed by atoms with van der Waals surface area (Å²) < 4.78 is 5.71. The quantitative estimate of drug-likeness (QED) is 0.619. The van der Waals surface area contributed by atoms with Gasteiger partial charge in [0.15, 0.2) is 0 Å². The minimum absolute atomic E-state index is 0.0109. The molecule has 1 saturated carbocycles. The molecule has 0 unspecified atom stereocenters. The van der Waals surface area contributed by atoms with Gasteiger partial charge in [-0.3, -0.25) is 5.41 Å². The summed E-state index contributed by atoms with van der Waals surface area (Å²) in [6.45, 7) is 0.692. The van der Waals surface area contributed by atoms with E-state index < -0.39 is 0 Å². The molecule has 0 saturated heterocycles. The molecule has 0 bridgehead atoms. The summed E-state index contributed by atoms with van der Waals surface area (Å²) in [5, 5.41) is 7.46. The van der Waals surface area contributed by atoms with E-state index in [2.05, 4.69) is 4.98 Å². The molecule has 0 radical (unpaired) electrons. The largest absolute Gasteiger partial charge is 0.477 e. The highest BCUT2D eigenvalue weighted by atomic mass is 16.5. The Labute approximate surface area is 102 Å². The van der Waals surface area contributed by atoms with Crippen LogP contribution in [-0.4, -0.2) is 17.4 Å². The molecule has 4 nitrogen and oxygen atoms in total. The SMILES string of the molecule is N=C(N)c1cccnc1OCC1CCCCC1. The van der Waals surface area contributed by atoms with Gasteiger partial charge < -0.3 is 10.5 Å². The third-order valence-electron chi connectivity index (χ3n) is 3.24. The Bertz CT molecular complexity index is 386. The van der Waals surface area contributed by atoms with Gasteiger partial charge in [0.25, 0.3) is 0 Å². The molecule has 0 amide bonds. The number of hydrogen-bond acceptors (Lipinski definition) is 3. The molecular formula is C13H19N3O. The molecule has 1 aromatic heterocycles. The Morgan fingerprint density at radius 3 is 2.88 bits per heavy atom. The molecule has 4 heteroatoms. The second kappa shape index (κ2) is 5.66. The van der Waals surface area contributed by atoms with Gasteiger partial charge in [0, 0.05) is 6.20 Å². The van der Waals surface area contributed by atoms with Crippen LogP contribution in [0.25, 0.3) is 0 Å². The molecule has 92 valence electrons. The lowest BCUT2D eigenvalue weighted by Crippen LogP contribution is -2.18. The Morgan fingerprint density at radius 2 is 2.18 bits per heavy atom. The van der Waals surface area contributed by atoms with Crippen LogP contribution < -0.4 is 10.5 Å². The smallest absolute Gasteiger partial charge is 0.224 e. The maximum absolute atomic E-state index is 7.46.